The molecule has 0 aromatic heterocycles. The Kier molecular flexibility index (Phi) is 7.72. The number of aryl methyl sites for hydroxylation is 1. The molecule has 0 bridgehead atoms. The van der Waals surface area contributed by atoms with E-state index >= 15 is 0 Å². The van der Waals surface area contributed by atoms with Gasteiger partial charge in [0.25, 0.3) is 0 Å². The number of amides is 1. The Hall–Kier alpha value is -2.74. The highest BCUT2D eigenvalue weighted by molar-refractivity contribution is 7.92. The molecule has 8 heteroatoms. The summed E-state index contributed by atoms with van der Waals surface area (Å²) < 4.78 is 36.9. The van der Waals surface area contributed by atoms with Gasteiger partial charge in [-0.05, 0) is 55.7 Å². The predicted molar refractivity (Wildman–Crippen MR) is 119 cm³/mol. The highest BCUT2D eigenvalue weighted by atomic mass is 32.2. The first-order chi connectivity index (χ1) is 14.1. The summed E-state index contributed by atoms with van der Waals surface area (Å²) in [7, 11) is -0.691. The van der Waals surface area contributed by atoms with Crippen LogP contribution in [0.3, 0.4) is 0 Å². The van der Waals surface area contributed by atoms with E-state index in [1.54, 1.807) is 26.2 Å². The highest BCUT2D eigenvalue weighted by Gasteiger charge is 2.32. The lowest BCUT2D eigenvalue weighted by atomic mass is 10.0. The van der Waals surface area contributed by atoms with Gasteiger partial charge in [-0.15, -0.1) is 0 Å². The number of nitrogens with zero attached hydrogens (tertiary/aromatic N) is 1. The van der Waals surface area contributed by atoms with Gasteiger partial charge >= 0.3 is 0 Å². The van der Waals surface area contributed by atoms with Gasteiger partial charge in [-0.1, -0.05) is 25.1 Å². The van der Waals surface area contributed by atoms with Crippen molar-refractivity contribution in [1.29, 1.82) is 0 Å². The zero-order valence-electron chi connectivity index (χ0n) is 18.3. The van der Waals surface area contributed by atoms with E-state index in [1.807, 2.05) is 44.2 Å². The molecule has 7 nitrogen and oxygen atoms in total. The van der Waals surface area contributed by atoms with Crippen molar-refractivity contribution < 1.29 is 22.7 Å². The molecule has 0 heterocycles. The summed E-state index contributed by atoms with van der Waals surface area (Å²) in [6, 6.07) is 11.4. The first-order valence-corrected chi connectivity index (χ1v) is 11.6. The summed E-state index contributed by atoms with van der Waals surface area (Å²) >= 11 is 0. The second-order valence-electron chi connectivity index (χ2n) is 7.15. The smallest absolute Gasteiger partial charge is 0.244 e. The van der Waals surface area contributed by atoms with Crippen LogP contribution in [0.4, 0.5) is 5.69 Å². The zero-order chi connectivity index (χ0) is 22.5. The molecule has 0 aliphatic heterocycles. The molecule has 164 valence electrons. The quantitative estimate of drug-likeness (QED) is 0.654. The van der Waals surface area contributed by atoms with Gasteiger partial charge in [-0.3, -0.25) is 9.10 Å². The molecular formula is C22H30N2O5S. The molecule has 0 aliphatic carbocycles. The molecule has 0 radical (unpaired) electrons. The van der Waals surface area contributed by atoms with Crippen LogP contribution in [0.1, 0.15) is 37.4 Å². The van der Waals surface area contributed by atoms with Gasteiger partial charge in [0.2, 0.25) is 15.9 Å². The van der Waals surface area contributed by atoms with E-state index in [1.165, 1.54) is 7.11 Å². The van der Waals surface area contributed by atoms with Gasteiger partial charge in [0.15, 0.2) is 0 Å². The van der Waals surface area contributed by atoms with Crippen molar-refractivity contribution in [2.75, 3.05) is 24.8 Å². The number of rotatable bonds is 9. The molecule has 1 amide bonds. The normalized spacial score (nSPS) is 13.3. The third-order valence-electron chi connectivity index (χ3n) is 4.90. The van der Waals surface area contributed by atoms with Crippen molar-refractivity contribution in [3.05, 3.63) is 53.6 Å². The van der Waals surface area contributed by atoms with Crippen LogP contribution in [0.5, 0.6) is 11.5 Å². The fraction of sp³-hybridized carbons (Fsp3) is 0.409. The fourth-order valence-electron chi connectivity index (χ4n) is 3.30. The monoisotopic (exact) mass is 434 g/mol. The number of carbonyl (C=O) groups is 1. The van der Waals surface area contributed by atoms with Gasteiger partial charge in [-0.25, -0.2) is 8.42 Å². The number of carbonyl (C=O) groups excluding carboxylic acids is 1. The van der Waals surface area contributed by atoms with Crippen molar-refractivity contribution in [1.82, 2.24) is 5.32 Å². The van der Waals surface area contributed by atoms with Crippen LogP contribution in [-0.2, 0) is 14.8 Å². The lowest BCUT2D eigenvalue weighted by Gasteiger charge is -2.31. The number of hydrogen-bond donors (Lipinski definition) is 1. The maximum Gasteiger partial charge on any atom is 0.244 e. The van der Waals surface area contributed by atoms with Crippen LogP contribution in [0.2, 0.25) is 0 Å². The molecule has 2 aromatic carbocycles. The first kappa shape index (κ1) is 23.5. The van der Waals surface area contributed by atoms with Crippen LogP contribution in [-0.4, -0.2) is 40.8 Å². The van der Waals surface area contributed by atoms with Crippen molar-refractivity contribution in [3.63, 3.8) is 0 Å². The Labute approximate surface area is 179 Å². The van der Waals surface area contributed by atoms with E-state index in [9.17, 15) is 13.2 Å². The van der Waals surface area contributed by atoms with Crippen LogP contribution in [0.25, 0.3) is 0 Å². The Balaban J connectivity index is 2.34. The largest absolute Gasteiger partial charge is 0.497 e. The molecule has 0 fully saturated rings. The average molecular weight is 435 g/mol. The topological polar surface area (TPSA) is 84.9 Å². The third kappa shape index (κ3) is 5.44. The number of methoxy groups -OCH3 is 2. The molecule has 0 saturated carbocycles. The van der Waals surface area contributed by atoms with Gasteiger partial charge in [0.05, 0.1) is 32.2 Å². The van der Waals surface area contributed by atoms with Crippen LogP contribution in [0.15, 0.2) is 42.5 Å². The number of sulfonamides is 1. The number of benzene rings is 2. The second kappa shape index (κ2) is 9.84. The summed E-state index contributed by atoms with van der Waals surface area (Å²) in [5.74, 6) is 0.711. The molecule has 2 rings (SSSR count). The molecule has 0 aliphatic rings. The van der Waals surface area contributed by atoms with Crippen LogP contribution >= 0.6 is 0 Å². The average Bonchev–Trinajstić information content (AvgIpc) is 2.71. The van der Waals surface area contributed by atoms with Gasteiger partial charge in [0, 0.05) is 0 Å². The molecule has 2 atom stereocenters. The zero-order valence-corrected chi connectivity index (χ0v) is 19.1. The molecule has 0 spiro atoms. The van der Waals surface area contributed by atoms with Crippen molar-refractivity contribution >= 4 is 21.6 Å². The van der Waals surface area contributed by atoms with Crippen molar-refractivity contribution in [2.45, 2.75) is 39.3 Å². The summed E-state index contributed by atoms with van der Waals surface area (Å²) in [5, 5.41) is 2.97. The molecule has 0 unspecified atom stereocenters. The Bertz CT molecular complexity index is 974. The summed E-state index contributed by atoms with van der Waals surface area (Å²) in [6.45, 7) is 5.38. The maximum absolute atomic E-state index is 13.1. The lowest BCUT2D eigenvalue weighted by Crippen LogP contribution is -2.48. The molecule has 2 aromatic rings. The second-order valence-corrected chi connectivity index (χ2v) is 9.01. The predicted octanol–water partition coefficient (Wildman–Crippen LogP) is 3.43. The molecule has 1 N–H and O–H groups in total. The summed E-state index contributed by atoms with van der Waals surface area (Å²) in [4.78, 5) is 13.1. The van der Waals surface area contributed by atoms with E-state index in [0.717, 1.165) is 27.4 Å². The number of nitrogens with one attached hydrogen (secondary N) is 1. The third-order valence-corrected chi connectivity index (χ3v) is 6.13. The van der Waals surface area contributed by atoms with Gasteiger partial charge in [-0.2, -0.15) is 0 Å². The van der Waals surface area contributed by atoms with Gasteiger partial charge < -0.3 is 14.8 Å². The first-order valence-electron chi connectivity index (χ1n) is 9.70. The number of anilines is 1. The van der Waals surface area contributed by atoms with E-state index < -0.39 is 22.0 Å². The van der Waals surface area contributed by atoms with Crippen LogP contribution < -0.4 is 19.1 Å². The minimum absolute atomic E-state index is 0.258. The van der Waals surface area contributed by atoms with Crippen LogP contribution in [0, 0.1) is 6.92 Å². The number of ether oxygens (including phenoxy) is 2. The maximum atomic E-state index is 13.1. The highest BCUT2D eigenvalue weighted by Crippen LogP contribution is 2.33. The van der Waals surface area contributed by atoms with E-state index in [4.69, 9.17) is 9.47 Å². The molecule has 30 heavy (non-hydrogen) atoms. The minimum atomic E-state index is -3.75. The lowest BCUT2D eigenvalue weighted by molar-refractivity contribution is -0.122. The Morgan fingerprint density at radius 1 is 1.10 bits per heavy atom. The van der Waals surface area contributed by atoms with Crippen molar-refractivity contribution in [2.24, 2.45) is 0 Å². The fourth-order valence-corrected chi connectivity index (χ4v) is 4.47. The molecule has 0 saturated heterocycles. The summed E-state index contributed by atoms with van der Waals surface area (Å²) in [5.41, 5.74) is 2.11. The van der Waals surface area contributed by atoms with E-state index in [0.29, 0.717) is 17.9 Å². The Morgan fingerprint density at radius 3 is 2.23 bits per heavy atom. The SMILES string of the molecule is CC[C@H](NC(=O)[C@H](C)N(c1cc(C)ccc1OC)S(C)(=O)=O)c1ccc(OC)cc1. The van der Waals surface area contributed by atoms with Crippen molar-refractivity contribution in [3.8, 4) is 11.5 Å². The summed E-state index contributed by atoms with van der Waals surface area (Å²) in [6.07, 6.45) is 1.73. The number of hydrogen-bond acceptors (Lipinski definition) is 5. The standard InChI is InChI=1S/C22H30N2O5S/c1-7-19(17-9-11-18(28-4)12-10-17)23-22(25)16(3)24(30(6,26)27)20-14-15(2)8-13-21(20)29-5/h8-14,16,19H,7H2,1-6H3,(H,23,25)/t16-,19-/m0/s1. The van der Waals surface area contributed by atoms with E-state index in [-0.39, 0.29) is 6.04 Å². The molecular weight excluding hydrogens is 404 g/mol. The van der Waals surface area contributed by atoms with Gasteiger partial charge in [0.1, 0.15) is 17.5 Å². The Morgan fingerprint density at radius 2 is 1.73 bits per heavy atom. The minimum Gasteiger partial charge on any atom is -0.497 e. The van der Waals surface area contributed by atoms with E-state index in [2.05, 4.69) is 5.32 Å².